The second kappa shape index (κ2) is 9.43. The molecule has 0 saturated carbocycles. The van der Waals surface area contributed by atoms with Crippen LogP contribution < -0.4 is 10.5 Å². The summed E-state index contributed by atoms with van der Waals surface area (Å²) in [5.74, 6) is -5.75. The van der Waals surface area contributed by atoms with Crippen LogP contribution in [0.2, 0.25) is 10.0 Å². The summed E-state index contributed by atoms with van der Waals surface area (Å²) in [6.45, 7) is -0.221. The van der Waals surface area contributed by atoms with Gasteiger partial charge in [-0.2, -0.15) is 0 Å². The van der Waals surface area contributed by atoms with Crippen molar-refractivity contribution in [1.82, 2.24) is 4.57 Å². The molecule has 1 amide bonds. The number of halogens is 2. The third-order valence-electron chi connectivity index (χ3n) is 4.96. The van der Waals surface area contributed by atoms with Crippen LogP contribution in [0, 0.1) is 0 Å². The molecule has 0 saturated heterocycles. The zero-order valence-corrected chi connectivity index (χ0v) is 18.6. The van der Waals surface area contributed by atoms with Crippen LogP contribution in [0.5, 0.6) is 11.5 Å². The number of aromatic hydroxyl groups is 1. The number of carboxylic acids is 2. The van der Waals surface area contributed by atoms with E-state index in [0.717, 1.165) is 4.57 Å². The number of phenols is 1. The first-order valence-electron chi connectivity index (χ1n) is 9.37. The highest BCUT2D eigenvalue weighted by Gasteiger charge is 2.37. The summed E-state index contributed by atoms with van der Waals surface area (Å²) in [6.07, 6.45) is 0. The molecule has 172 valence electrons. The minimum Gasteiger partial charge on any atom is -0.508 e. The fourth-order valence-electron chi connectivity index (χ4n) is 3.51. The number of aromatic carboxylic acids is 2. The zero-order valence-electron chi connectivity index (χ0n) is 17.1. The van der Waals surface area contributed by atoms with E-state index in [0.29, 0.717) is 10.6 Å². The number of hydrogen-bond donors (Lipinski definition) is 4. The first-order chi connectivity index (χ1) is 15.5. The fourth-order valence-corrected chi connectivity index (χ4v) is 3.83. The molecule has 0 fully saturated rings. The van der Waals surface area contributed by atoms with Crippen molar-refractivity contribution >= 4 is 41.0 Å². The number of phenolic OH excluding ortho intramolecular Hbond substituents is 1. The van der Waals surface area contributed by atoms with Gasteiger partial charge in [0.05, 0.1) is 15.7 Å². The van der Waals surface area contributed by atoms with Crippen LogP contribution in [0.15, 0.2) is 42.5 Å². The molecule has 3 aromatic rings. The number of benzene rings is 2. The molecule has 11 heteroatoms. The van der Waals surface area contributed by atoms with E-state index in [2.05, 4.69) is 0 Å². The molecule has 0 aliphatic carbocycles. The first kappa shape index (κ1) is 24.0. The Labute approximate surface area is 197 Å². The number of primary amides is 1. The molecular weight excluding hydrogens is 475 g/mol. The Kier molecular flexibility index (Phi) is 6.85. The van der Waals surface area contributed by atoms with Gasteiger partial charge in [0.15, 0.2) is 11.4 Å². The van der Waals surface area contributed by atoms with E-state index in [1.165, 1.54) is 43.4 Å². The Bertz CT molecular complexity index is 1250. The molecule has 0 radical (unpaired) electrons. The maximum atomic E-state index is 12.4. The quantitative estimate of drug-likeness (QED) is 0.374. The number of amides is 1. The summed E-state index contributed by atoms with van der Waals surface area (Å²) in [7, 11) is 1.30. The van der Waals surface area contributed by atoms with E-state index in [-0.39, 0.29) is 28.6 Å². The molecule has 1 unspecified atom stereocenters. The number of nitrogens with zero attached hydrogens (tertiary/aromatic N) is 1. The van der Waals surface area contributed by atoms with Gasteiger partial charge in [0.1, 0.15) is 23.8 Å². The summed E-state index contributed by atoms with van der Waals surface area (Å²) in [6, 6.07) is 9.98. The van der Waals surface area contributed by atoms with Gasteiger partial charge in [-0.3, -0.25) is 4.79 Å². The van der Waals surface area contributed by atoms with Crippen molar-refractivity contribution in [2.24, 2.45) is 12.8 Å². The maximum Gasteiger partial charge on any atom is 0.356 e. The Balaban J connectivity index is 2.19. The Morgan fingerprint density at radius 1 is 1.03 bits per heavy atom. The van der Waals surface area contributed by atoms with Gasteiger partial charge >= 0.3 is 11.9 Å². The zero-order chi connectivity index (χ0) is 24.4. The first-order valence-corrected chi connectivity index (χ1v) is 10.1. The standard InChI is InChI=1S/C22H18Cl2N2O7/c1-26-17(15(20(25)28)11-3-5-12(27)6-4-11)16(21(29)30)19(18(26)22(31)32)33-9-10-2-7-13(23)14(24)8-10/h2-8,15,27H,9H2,1H3,(H2,25,28)(H,29,30)(H,31,32). The Hall–Kier alpha value is -3.69. The summed E-state index contributed by atoms with van der Waals surface area (Å²) >= 11 is 11.9. The van der Waals surface area contributed by atoms with Gasteiger partial charge in [0.25, 0.3) is 0 Å². The third kappa shape index (κ3) is 4.74. The largest absolute Gasteiger partial charge is 0.508 e. The number of aromatic nitrogens is 1. The normalized spacial score (nSPS) is 11.7. The van der Waals surface area contributed by atoms with Crippen LogP contribution in [0.25, 0.3) is 0 Å². The number of nitrogens with two attached hydrogens (primary N) is 1. The van der Waals surface area contributed by atoms with Crippen LogP contribution in [0.3, 0.4) is 0 Å². The summed E-state index contributed by atoms with van der Waals surface area (Å²) < 4.78 is 6.70. The number of ether oxygens (including phenoxy) is 1. The predicted octanol–water partition coefficient (Wildman–Crippen LogP) is 3.63. The van der Waals surface area contributed by atoms with Crippen molar-refractivity contribution in [3.63, 3.8) is 0 Å². The molecule has 1 atom stereocenters. The van der Waals surface area contributed by atoms with Crippen LogP contribution >= 0.6 is 23.2 Å². The van der Waals surface area contributed by atoms with Crippen molar-refractivity contribution < 1.29 is 34.4 Å². The number of carbonyl (C=O) groups excluding carboxylic acids is 1. The van der Waals surface area contributed by atoms with E-state index >= 15 is 0 Å². The molecule has 0 bridgehead atoms. The van der Waals surface area contributed by atoms with E-state index in [9.17, 15) is 29.7 Å². The van der Waals surface area contributed by atoms with E-state index in [1.807, 2.05) is 0 Å². The van der Waals surface area contributed by atoms with Gasteiger partial charge in [0, 0.05) is 7.05 Å². The Morgan fingerprint density at radius 3 is 2.18 bits per heavy atom. The molecule has 3 rings (SSSR count). The molecule has 2 aromatic carbocycles. The van der Waals surface area contributed by atoms with Gasteiger partial charge in [-0.1, -0.05) is 41.4 Å². The lowest BCUT2D eigenvalue weighted by atomic mass is 9.92. The van der Waals surface area contributed by atoms with Crippen LogP contribution in [-0.4, -0.2) is 37.7 Å². The van der Waals surface area contributed by atoms with Gasteiger partial charge in [-0.05, 0) is 35.4 Å². The molecular formula is C22H18Cl2N2O7. The van der Waals surface area contributed by atoms with E-state index in [1.54, 1.807) is 6.07 Å². The number of rotatable bonds is 8. The average molecular weight is 493 g/mol. The highest BCUT2D eigenvalue weighted by atomic mass is 35.5. The lowest BCUT2D eigenvalue weighted by Crippen LogP contribution is -2.26. The third-order valence-corrected chi connectivity index (χ3v) is 5.70. The Morgan fingerprint density at radius 2 is 1.67 bits per heavy atom. The molecule has 9 nitrogen and oxygen atoms in total. The van der Waals surface area contributed by atoms with Crippen LogP contribution in [-0.2, 0) is 18.4 Å². The highest BCUT2D eigenvalue weighted by molar-refractivity contribution is 6.42. The van der Waals surface area contributed by atoms with Crippen molar-refractivity contribution in [3.05, 3.63) is 80.6 Å². The minimum atomic E-state index is -1.51. The van der Waals surface area contributed by atoms with Crippen molar-refractivity contribution in [2.45, 2.75) is 12.5 Å². The predicted molar refractivity (Wildman–Crippen MR) is 119 cm³/mol. The maximum absolute atomic E-state index is 12.4. The average Bonchev–Trinajstić information content (AvgIpc) is 3.02. The van der Waals surface area contributed by atoms with Gasteiger partial charge in [-0.25, -0.2) is 9.59 Å². The second-order valence-electron chi connectivity index (χ2n) is 7.07. The second-order valence-corrected chi connectivity index (χ2v) is 7.89. The topological polar surface area (TPSA) is 152 Å². The SMILES string of the molecule is Cn1c(C(=O)O)c(OCc2ccc(Cl)c(Cl)c2)c(C(=O)O)c1C(C(N)=O)c1ccc(O)cc1. The van der Waals surface area contributed by atoms with E-state index in [4.69, 9.17) is 33.7 Å². The number of carboxylic acid groups (broad SMARTS) is 2. The van der Waals surface area contributed by atoms with E-state index < -0.39 is 40.8 Å². The molecule has 1 aromatic heterocycles. The molecule has 33 heavy (non-hydrogen) atoms. The molecule has 0 spiro atoms. The molecule has 1 heterocycles. The minimum absolute atomic E-state index is 0.0795. The summed E-state index contributed by atoms with van der Waals surface area (Å²) in [5.41, 5.74) is 5.17. The van der Waals surface area contributed by atoms with Gasteiger partial charge < -0.3 is 30.4 Å². The molecule has 5 N–H and O–H groups in total. The summed E-state index contributed by atoms with van der Waals surface area (Å²) in [5, 5.41) is 29.8. The summed E-state index contributed by atoms with van der Waals surface area (Å²) in [4.78, 5) is 36.7. The van der Waals surface area contributed by atoms with Crippen LogP contribution in [0.1, 0.15) is 43.6 Å². The van der Waals surface area contributed by atoms with Crippen molar-refractivity contribution in [3.8, 4) is 11.5 Å². The number of hydrogen-bond acceptors (Lipinski definition) is 5. The number of carbonyl (C=O) groups is 3. The highest BCUT2D eigenvalue weighted by Crippen LogP contribution is 2.38. The molecule has 0 aliphatic rings. The smallest absolute Gasteiger partial charge is 0.356 e. The van der Waals surface area contributed by atoms with Gasteiger partial charge in [-0.15, -0.1) is 0 Å². The lowest BCUT2D eigenvalue weighted by molar-refractivity contribution is -0.118. The lowest BCUT2D eigenvalue weighted by Gasteiger charge is -2.17. The van der Waals surface area contributed by atoms with Crippen LogP contribution in [0.4, 0.5) is 0 Å². The van der Waals surface area contributed by atoms with Gasteiger partial charge in [0.2, 0.25) is 5.91 Å². The van der Waals surface area contributed by atoms with Crippen molar-refractivity contribution in [2.75, 3.05) is 0 Å². The monoisotopic (exact) mass is 492 g/mol. The molecule has 0 aliphatic heterocycles. The van der Waals surface area contributed by atoms with Crippen molar-refractivity contribution in [1.29, 1.82) is 0 Å². The fraction of sp³-hybridized carbons (Fsp3) is 0.136.